The number of hydrogen-bond acceptors (Lipinski definition) is 3. The largest absolute Gasteiger partial charge is 0.478 e. The van der Waals surface area contributed by atoms with Crippen molar-refractivity contribution in [2.24, 2.45) is 0 Å². The van der Waals surface area contributed by atoms with Crippen molar-refractivity contribution in [1.29, 1.82) is 0 Å². The number of aromatic carboxylic acids is 2. The van der Waals surface area contributed by atoms with Crippen LogP contribution in [0.3, 0.4) is 0 Å². The Morgan fingerprint density at radius 1 is 1.17 bits per heavy atom. The maximum absolute atomic E-state index is 13.0. The molecular formula is C11H7FN2O4. The molecule has 0 aliphatic carbocycles. The van der Waals surface area contributed by atoms with E-state index in [9.17, 15) is 14.0 Å². The molecule has 0 fully saturated rings. The Morgan fingerprint density at radius 3 is 2.44 bits per heavy atom. The first-order chi connectivity index (χ1) is 8.49. The van der Waals surface area contributed by atoms with Gasteiger partial charge in [0.2, 0.25) is 0 Å². The van der Waals surface area contributed by atoms with Gasteiger partial charge in [-0.05, 0) is 24.3 Å². The Kier molecular flexibility index (Phi) is 2.80. The van der Waals surface area contributed by atoms with Crippen molar-refractivity contribution in [2.45, 2.75) is 0 Å². The zero-order valence-corrected chi connectivity index (χ0v) is 8.85. The maximum Gasteiger partial charge on any atom is 0.353 e. The van der Waals surface area contributed by atoms with Crippen LogP contribution in [0.15, 0.2) is 24.3 Å². The summed E-state index contributed by atoms with van der Waals surface area (Å²) in [7, 11) is 0. The SMILES string of the molecule is O=C(O)c1cc(-c2ccc(F)cc2C(=O)O)n[nH]1. The van der Waals surface area contributed by atoms with Gasteiger partial charge in [0.25, 0.3) is 0 Å². The third kappa shape index (κ3) is 2.05. The fraction of sp³-hybridized carbons (Fsp3) is 0. The van der Waals surface area contributed by atoms with Gasteiger partial charge in [0, 0.05) is 5.56 Å². The smallest absolute Gasteiger partial charge is 0.353 e. The summed E-state index contributed by atoms with van der Waals surface area (Å²) in [6, 6.07) is 4.35. The second kappa shape index (κ2) is 4.28. The molecule has 1 aromatic heterocycles. The van der Waals surface area contributed by atoms with Gasteiger partial charge >= 0.3 is 11.9 Å². The Hall–Kier alpha value is -2.70. The van der Waals surface area contributed by atoms with E-state index in [1.54, 1.807) is 0 Å². The number of carbonyl (C=O) groups is 2. The lowest BCUT2D eigenvalue weighted by Gasteiger charge is -2.02. The van der Waals surface area contributed by atoms with Crippen LogP contribution in [0.2, 0.25) is 0 Å². The Morgan fingerprint density at radius 2 is 1.89 bits per heavy atom. The van der Waals surface area contributed by atoms with Crippen molar-refractivity contribution in [2.75, 3.05) is 0 Å². The number of benzene rings is 1. The number of carboxylic acids is 2. The summed E-state index contributed by atoms with van der Waals surface area (Å²) in [5, 5.41) is 23.6. The van der Waals surface area contributed by atoms with Crippen LogP contribution in [-0.2, 0) is 0 Å². The van der Waals surface area contributed by atoms with Gasteiger partial charge in [0.1, 0.15) is 11.5 Å². The zero-order chi connectivity index (χ0) is 13.3. The van der Waals surface area contributed by atoms with Gasteiger partial charge in [-0.1, -0.05) is 0 Å². The van der Waals surface area contributed by atoms with Gasteiger partial charge in [-0.3, -0.25) is 5.10 Å². The minimum Gasteiger partial charge on any atom is -0.478 e. The topological polar surface area (TPSA) is 103 Å². The molecule has 0 saturated carbocycles. The van der Waals surface area contributed by atoms with Crippen LogP contribution < -0.4 is 0 Å². The van der Waals surface area contributed by atoms with E-state index in [4.69, 9.17) is 10.2 Å². The summed E-state index contributed by atoms with van der Waals surface area (Å²) in [5.74, 6) is -3.22. The first kappa shape index (κ1) is 11.8. The number of hydrogen-bond donors (Lipinski definition) is 3. The number of aromatic nitrogens is 2. The van der Waals surface area contributed by atoms with E-state index in [2.05, 4.69) is 10.2 Å². The summed E-state index contributed by atoms with van der Waals surface area (Å²) in [6.07, 6.45) is 0. The molecule has 0 spiro atoms. The minimum absolute atomic E-state index is 0.129. The third-order valence-corrected chi connectivity index (χ3v) is 2.30. The minimum atomic E-state index is -1.32. The van der Waals surface area contributed by atoms with E-state index in [0.29, 0.717) is 0 Å². The number of H-pyrrole nitrogens is 1. The normalized spacial score (nSPS) is 10.3. The molecule has 6 nitrogen and oxygen atoms in total. The molecule has 92 valence electrons. The highest BCUT2D eigenvalue weighted by Crippen LogP contribution is 2.23. The fourth-order valence-corrected chi connectivity index (χ4v) is 1.49. The van der Waals surface area contributed by atoms with E-state index in [0.717, 1.165) is 12.1 Å². The van der Waals surface area contributed by atoms with Crippen LogP contribution in [0.5, 0.6) is 0 Å². The molecule has 3 N–H and O–H groups in total. The fourth-order valence-electron chi connectivity index (χ4n) is 1.49. The molecular weight excluding hydrogens is 243 g/mol. The van der Waals surface area contributed by atoms with Gasteiger partial charge in [-0.2, -0.15) is 5.10 Å². The number of rotatable bonds is 3. The molecule has 1 aromatic carbocycles. The van der Waals surface area contributed by atoms with Crippen molar-refractivity contribution in [3.63, 3.8) is 0 Å². The van der Waals surface area contributed by atoms with Crippen LogP contribution in [0.1, 0.15) is 20.8 Å². The van der Waals surface area contributed by atoms with E-state index >= 15 is 0 Å². The van der Waals surface area contributed by atoms with Crippen LogP contribution in [0.4, 0.5) is 4.39 Å². The summed E-state index contributed by atoms with van der Waals surface area (Å²) < 4.78 is 13.0. The average Bonchev–Trinajstić information content (AvgIpc) is 2.78. The van der Waals surface area contributed by atoms with Gasteiger partial charge in [-0.25, -0.2) is 14.0 Å². The zero-order valence-electron chi connectivity index (χ0n) is 8.85. The van der Waals surface area contributed by atoms with Crippen molar-refractivity contribution in [1.82, 2.24) is 10.2 Å². The van der Waals surface area contributed by atoms with Crippen LogP contribution in [0, 0.1) is 5.82 Å². The summed E-state index contributed by atoms with van der Waals surface area (Å²) >= 11 is 0. The lowest BCUT2D eigenvalue weighted by molar-refractivity contribution is 0.0682. The Balaban J connectivity index is 2.55. The summed E-state index contributed by atoms with van der Waals surface area (Å²) in [4.78, 5) is 21.6. The Labute approximate surface area is 99.7 Å². The average molecular weight is 250 g/mol. The van der Waals surface area contributed by atoms with Crippen molar-refractivity contribution < 1.29 is 24.2 Å². The molecule has 0 unspecified atom stereocenters. The van der Waals surface area contributed by atoms with Crippen molar-refractivity contribution in [3.05, 3.63) is 41.3 Å². The predicted octanol–water partition coefficient (Wildman–Crippen LogP) is 1.61. The van der Waals surface area contributed by atoms with Crippen LogP contribution in [-0.4, -0.2) is 32.3 Å². The first-order valence-corrected chi connectivity index (χ1v) is 4.81. The quantitative estimate of drug-likeness (QED) is 0.767. The highest BCUT2D eigenvalue weighted by molar-refractivity contribution is 5.96. The molecule has 0 aliphatic rings. The molecule has 0 radical (unpaired) electrons. The number of nitrogens with one attached hydrogen (secondary N) is 1. The molecule has 2 aromatic rings. The van der Waals surface area contributed by atoms with Gasteiger partial charge in [-0.15, -0.1) is 0 Å². The summed E-state index contributed by atoms with van der Waals surface area (Å²) in [6.45, 7) is 0. The van der Waals surface area contributed by atoms with Gasteiger partial charge in [0.15, 0.2) is 0 Å². The predicted molar refractivity (Wildman–Crippen MR) is 57.9 cm³/mol. The summed E-state index contributed by atoms with van der Waals surface area (Å²) in [5.41, 5.74) is -0.179. The van der Waals surface area contributed by atoms with Crippen molar-refractivity contribution in [3.8, 4) is 11.3 Å². The number of carboxylic acid groups (broad SMARTS) is 2. The number of nitrogens with zero attached hydrogens (tertiary/aromatic N) is 1. The molecule has 18 heavy (non-hydrogen) atoms. The van der Waals surface area contributed by atoms with E-state index in [-0.39, 0.29) is 22.5 Å². The Bertz CT molecular complexity index is 636. The lowest BCUT2D eigenvalue weighted by Crippen LogP contribution is -2.00. The maximum atomic E-state index is 13.0. The van der Waals surface area contributed by atoms with Crippen LogP contribution in [0.25, 0.3) is 11.3 Å². The van der Waals surface area contributed by atoms with E-state index in [1.165, 1.54) is 12.1 Å². The molecule has 0 amide bonds. The standard InChI is InChI=1S/C11H7FN2O4/c12-5-1-2-6(7(3-5)10(15)16)8-4-9(11(17)18)14-13-8/h1-4H,(H,13,14)(H,15,16)(H,17,18). The van der Waals surface area contributed by atoms with E-state index < -0.39 is 17.8 Å². The molecule has 0 aliphatic heterocycles. The van der Waals surface area contributed by atoms with Crippen molar-refractivity contribution >= 4 is 11.9 Å². The molecule has 7 heteroatoms. The van der Waals surface area contributed by atoms with Gasteiger partial charge < -0.3 is 10.2 Å². The number of aromatic amines is 1. The first-order valence-electron chi connectivity index (χ1n) is 4.81. The molecule has 0 bridgehead atoms. The number of halogens is 1. The lowest BCUT2D eigenvalue weighted by atomic mass is 10.0. The third-order valence-electron chi connectivity index (χ3n) is 2.30. The second-order valence-corrected chi connectivity index (χ2v) is 3.47. The second-order valence-electron chi connectivity index (χ2n) is 3.47. The van der Waals surface area contributed by atoms with Crippen LogP contribution >= 0.6 is 0 Å². The highest BCUT2D eigenvalue weighted by Gasteiger charge is 2.16. The molecule has 2 rings (SSSR count). The molecule has 0 saturated heterocycles. The highest BCUT2D eigenvalue weighted by atomic mass is 19.1. The molecule has 1 heterocycles. The monoisotopic (exact) mass is 250 g/mol. The van der Waals surface area contributed by atoms with E-state index in [1.807, 2.05) is 0 Å². The molecule has 0 atom stereocenters. The van der Waals surface area contributed by atoms with Gasteiger partial charge in [0.05, 0.1) is 11.3 Å².